The number of aliphatic hydroxyl groups excluding tert-OH is 1. The van der Waals surface area contributed by atoms with Crippen molar-refractivity contribution in [3.63, 3.8) is 0 Å². The zero-order valence-corrected chi connectivity index (χ0v) is 46.6. The summed E-state index contributed by atoms with van der Waals surface area (Å²) in [5, 5.41) is 13.8. The van der Waals surface area contributed by atoms with Gasteiger partial charge in [-0.2, -0.15) is 0 Å². The molecule has 0 aliphatic carbocycles. The van der Waals surface area contributed by atoms with Gasteiger partial charge >= 0.3 is 0 Å². The number of nitrogens with one attached hydrogen (secondary N) is 1. The lowest BCUT2D eigenvalue weighted by atomic mass is 10.0. The van der Waals surface area contributed by atoms with Gasteiger partial charge in [0, 0.05) is 6.42 Å². The highest BCUT2D eigenvalue weighted by atomic mass is 31.2. The predicted octanol–water partition coefficient (Wildman–Crippen LogP) is 16.6. The van der Waals surface area contributed by atoms with Gasteiger partial charge in [0.1, 0.15) is 13.2 Å². The molecule has 70 heavy (non-hydrogen) atoms. The third-order valence-electron chi connectivity index (χ3n) is 12.0. The molecular formula is C61H107N2O6P. The number of hydrogen-bond acceptors (Lipinski definition) is 6. The summed E-state index contributed by atoms with van der Waals surface area (Å²) in [6.07, 6.45) is 74.7. The summed E-state index contributed by atoms with van der Waals surface area (Å²) < 4.78 is 23.2. The first kappa shape index (κ1) is 67.2. The second kappa shape index (κ2) is 51.1. The number of phosphoric ester groups is 1. The molecule has 2 N–H and O–H groups in total. The number of nitrogens with zero attached hydrogens (tertiary/aromatic N) is 1. The second-order valence-electron chi connectivity index (χ2n) is 19.9. The molecule has 0 fully saturated rings. The van der Waals surface area contributed by atoms with Gasteiger partial charge in [-0.05, 0) is 83.5 Å². The Labute approximate surface area is 431 Å². The fraction of sp³-hybridized carbons (Fsp3) is 0.689. The largest absolute Gasteiger partial charge is 0.756 e. The number of likely N-dealkylation sites (N-methyl/N-ethyl adjacent to an activating group) is 1. The molecule has 402 valence electrons. The standard InChI is InChI=1S/C61H107N2O6P/c1-6-8-10-12-14-16-17-18-19-20-21-22-23-24-25-26-27-28-29-30-31-32-33-34-35-36-37-38-39-40-41-42-43-44-45-47-49-51-53-55-61(65)62-59(58-69-70(66,67)68-57-56-63(3,4)5)60(64)54-52-50-48-46-15-13-11-9-7-2/h8,10,14,16,18-19,21-22,24-25,27-28,30-31,33-34,52,54,59-60,64H,6-7,9,11-13,15,17,20,23,26,29,32,35-51,53,55-58H2,1-5H3,(H-,62,65,66,67)/b10-8-,16-14-,19-18-,22-21-,25-24-,28-27-,31-30-,34-33-,54-52+. The van der Waals surface area contributed by atoms with Crippen LogP contribution in [0.5, 0.6) is 0 Å². The van der Waals surface area contributed by atoms with Crippen LogP contribution in [0.2, 0.25) is 0 Å². The summed E-state index contributed by atoms with van der Waals surface area (Å²) in [5.74, 6) is -0.205. The minimum atomic E-state index is -4.59. The molecule has 0 spiro atoms. The van der Waals surface area contributed by atoms with Crippen LogP contribution in [0.3, 0.4) is 0 Å². The van der Waals surface area contributed by atoms with Gasteiger partial charge in [0.15, 0.2) is 0 Å². The minimum absolute atomic E-state index is 0.00496. The molecule has 0 aromatic heterocycles. The maximum atomic E-state index is 12.9. The van der Waals surface area contributed by atoms with Gasteiger partial charge in [0.2, 0.25) is 5.91 Å². The molecule has 8 nitrogen and oxygen atoms in total. The van der Waals surface area contributed by atoms with Crippen molar-refractivity contribution in [3.05, 3.63) is 109 Å². The Hall–Kier alpha value is -2.84. The molecule has 0 radical (unpaired) electrons. The number of rotatable bonds is 50. The van der Waals surface area contributed by atoms with Crippen molar-refractivity contribution >= 4 is 13.7 Å². The van der Waals surface area contributed by atoms with Gasteiger partial charge in [-0.25, -0.2) is 0 Å². The quantitative estimate of drug-likeness (QED) is 0.0272. The Balaban J connectivity index is 3.96. The summed E-state index contributed by atoms with van der Waals surface area (Å²) in [4.78, 5) is 25.3. The van der Waals surface area contributed by atoms with Crippen LogP contribution >= 0.6 is 7.82 Å². The van der Waals surface area contributed by atoms with Gasteiger partial charge in [0.25, 0.3) is 7.82 Å². The van der Waals surface area contributed by atoms with Gasteiger partial charge in [-0.3, -0.25) is 9.36 Å². The molecule has 0 aromatic rings. The van der Waals surface area contributed by atoms with Crippen LogP contribution in [0.4, 0.5) is 0 Å². The van der Waals surface area contributed by atoms with Crippen LogP contribution in [-0.2, 0) is 18.4 Å². The fourth-order valence-electron chi connectivity index (χ4n) is 7.58. The van der Waals surface area contributed by atoms with Gasteiger partial charge in [-0.15, -0.1) is 0 Å². The van der Waals surface area contributed by atoms with Crippen molar-refractivity contribution in [1.29, 1.82) is 0 Å². The molecule has 0 saturated carbocycles. The number of quaternary nitrogens is 1. The van der Waals surface area contributed by atoms with Gasteiger partial charge in [-0.1, -0.05) is 239 Å². The zero-order chi connectivity index (χ0) is 51.3. The number of unbranched alkanes of at least 4 members (excludes halogenated alkanes) is 21. The second-order valence-corrected chi connectivity index (χ2v) is 21.3. The van der Waals surface area contributed by atoms with Crippen LogP contribution < -0.4 is 10.2 Å². The van der Waals surface area contributed by atoms with E-state index in [1.54, 1.807) is 6.08 Å². The summed E-state index contributed by atoms with van der Waals surface area (Å²) in [6, 6.07) is -0.890. The van der Waals surface area contributed by atoms with Crippen LogP contribution in [0.1, 0.15) is 219 Å². The highest BCUT2D eigenvalue weighted by Crippen LogP contribution is 2.38. The number of aliphatic hydroxyl groups is 1. The van der Waals surface area contributed by atoms with Crippen LogP contribution in [0, 0.1) is 0 Å². The first-order chi connectivity index (χ1) is 34.0. The molecule has 3 atom stereocenters. The van der Waals surface area contributed by atoms with Crippen molar-refractivity contribution < 1.29 is 32.9 Å². The maximum Gasteiger partial charge on any atom is 0.268 e. The molecule has 3 unspecified atom stereocenters. The van der Waals surface area contributed by atoms with Crippen molar-refractivity contribution in [2.45, 2.75) is 231 Å². The minimum Gasteiger partial charge on any atom is -0.756 e. The van der Waals surface area contributed by atoms with E-state index in [0.717, 1.165) is 89.9 Å². The van der Waals surface area contributed by atoms with Crippen molar-refractivity contribution in [2.75, 3.05) is 40.9 Å². The number of hydrogen-bond donors (Lipinski definition) is 2. The molecule has 0 aliphatic heterocycles. The van der Waals surface area contributed by atoms with Crippen LogP contribution in [-0.4, -0.2) is 68.5 Å². The summed E-state index contributed by atoms with van der Waals surface area (Å²) in [7, 11) is 1.25. The van der Waals surface area contributed by atoms with E-state index in [2.05, 4.69) is 116 Å². The molecule has 0 aliphatic rings. The maximum absolute atomic E-state index is 12.9. The predicted molar refractivity (Wildman–Crippen MR) is 302 cm³/mol. The number of allylic oxidation sites excluding steroid dienone is 17. The lowest BCUT2D eigenvalue weighted by Gasteiger charge is -2.29. The molecular weight excluding hydrogens is 888 g/mol. The van der Waals surface area contributed by atoms with E-state index < -0.39 is 20.0 Å². The molecule has 1 amide bonds. The van der Waals surface area contributed by atoms with E-state index in [1.807, 2.05) is 27.2 Å². The van der Waals surface area contributed by atoms with E-state index in [-0.39, 0.29) is 19.1 Å². The van der Waals surface area contributed by atoms with Crippen LogP contribution in [0.25, 0.3) is 0 Å². The Morgan fingerprint density at radius 1 is 0.514 bits per heavy atom. The van der Waals surface area contributed by atoms with Crippen LogP contribution in [0.15, 0.2) is 109 Å². The van der Waals surface area contributed by atoms with Gasteiger partial charge in [0.05, 0.1) is 39.9 Å². The fourth-order valence-corrected chi connectivity index (χ4v) is 8.30. The smallest absolute Gasteiger partial charge is 0.268 e. The van der Waals surface area contributed by atoms with Crippen molar-refractivity contribution in [2.24, 2.45) is 0 Å². The Bertz CT molecular complexity index is 1500. The van der Waals surface area contributed by atoms with E-state index >= 15 is 0 Å². The van der Waals surface area contributed by atoms with E-state index in [1.165, 1.54) is 109 Å². The van der Waals surface area contributed by atoms with Crippen molar-refractivity contribution in [1.82, 2.24) is 5.32 Å². The first-order valence-corrected chi connectivity index (χ1v) is 29.7. The number of carbonyl (C=O) groups is 1. The zero-order valence-electron chi connectivity index (χ0n) is 45.7. The molecule has 0 heterocycles. The average molecular weight is 996 g/mol. The molecule has 0 saturated heterocycles. The average Bonchev–Trinajstić information content (AvgIpc) is 3.32. The Morgan fingerprint density at radius 3 is 1.27 bits per heavy atom. The molecule has 0 aromatic carbocycles. The molecule has 0 bridgehead atoms. The molecule has 0 rings (SSSR count). The summed E-state index contributed by atoms with van der Waals surface area (Å²) >= 11 is 0. The monoisotopic (exact) mass is 995 g/mol. The number of amides is 1. The molecule has 9 heteroatoms. The number of carbonyl (C=O) groups excluding carboxylic acids is 1. The highest BCUT2D eigenvalue weighted by Gasteiger charge is 2.23. The third-order valence-corrected chi connectivity index (χ3v) is 13.0. The summed E-state index contributed by atoms with van der Waals surface area (Å²) in [6.45, 7) is 4.49. The van der Waals surface area contributed by atoms with Gasteiger partial charge < -0.3 is 28.8 Å². The SMILES string of the molecule is CC/C=C\C/C=C\C/C=C\C/C=C\C/C=C\C/C=C\C/C=C\C/C=C\CCCCCCCCCCCCCCCCC(=O)NC(COP(=O)([O-])OCC[N+](C)(C)C)C(O)/C=C/CCCCCCCCC. The normalized spacial score (nSPS) is 14.8. The topological polar surface area (TPSA) is 108 Å². The van der Waals surface area contributed by atoms with E-state index in [4.69, 9.17) is 9.05 Å². The van der Waals surface area contributed by atoms with Crippen molar-refractivity contribution in [3.8, 4) is 0 Å². The lowest BCUT2D eigenvalue weighted by Crippen LogP contribution is -2.45. The first-order valence-electron chi connectivity index (χ1n) is 28.2. The Morgan fingerprint density at radius 2 is 0.871 bits per heavy atom. The third kappa shape index (κ3) is 53.0. The highest BCUT2D eigenvalue weighted by molar-refractivity contribution is 7.45. The Kier molecular flexibility index (Phi) is 49.0. The lowest BCUT2D eigenvalue weighted by molar-refractivity contribution is -0.870. The summed E-state index contributed by atoms with van der Waals surface area (Å²) in [5.41, 5.74) is 0. The van der Waals surface area contributed by atoms with E-state index in [9.17, 15) is 19.4 Å². The van der Waals surface area contributed by atoms with E-state index in [0.29, 0.717) is 17.4 Å². The number of phosphoric acid groups is 1.